The third-order valence-corrected chi connectivity index (χ3v) is 2.75. The molecular formula is C11H8BrN3O. The molecule has 16 heavy (non-hydrogen) atoms. The second-order valence-corrected chi connectivity index (χ2v) is 4.01. The lowest BCUT2D eigenvalue weighted by atomic mass is 10.1. The summed E-state index contributed by atoms with van der Waals surface area (Å²) in [6.45, 7) is 0. The minimum absolute atomic E-state index is 0.172. The second kappa shape index (κ2) is 4.40. The molecule has 0 fully saturated rings. The first-order chi connectivity index (χ1) is 7.68. The molecule has 1 heterocycles. The number of carbonyl (C=O) groups is 1. The van der Waals surface area contributed by atoms with Gasteiger partial charge in [0.05, 0.1) is 6.20 Å². The zero-order valence-corrected chi connectivity index (χ0v) is 9.81. The van der Waals surface area contributed by atoms with E-state index in [9.17, 15) is 4.79 Å². The Hall–Kier alpha value is -1.75. The molecule has 2 aromatic rings. The molecule has 1 aromatic heterocycles. The summed E-state index contributed by atoms with van der Waals surface area (Å²) in [5.74, 6) is -0.172. The summed E-state index contributed by atoms with van der Waals surface area (Å²) in [5, 5.41) is 0. The Labute approximate surface area is 101 Å². The molecule has 0 unspecified atom stereocenters. The summed E-state index contributed by atoms with van der Waals surface area (Å²) in [4.78, 5) is 19.7. The van der Waals surface area contributed by atoms with E-state index in [2.05, 4.69) is 25.9 Å². The van der Waals surface area contributed by atoms with E-state index >= 15 is 0 Å². The van der Waals surface area contributed by atoms with Crippen molar-refractivity contribution in [3.8, 4) is 0 Å². The molecule has 2 rings (SSSR count). The zero-order valence-electron chi connectivity index (χ0n) is 8.22. The maximum Gasteiger partial charge on any atom is 0.212 e. The summed E-state index contributed by atoms with van der Waals surface area (Å²) < 4.78 is 0.697. The number of hydrogen-bond donors (Lipinski definition) is 1. The number of nitrogens with zero attached hydrogens (tertiary/aromatic N) is 2. The molecule has 80 valence electrons. The maximum absolute atomic E-state index is 11.9. The standard InChI is InChI=1S/C11H8BrN3O/c12-8-5-7(1-2-9(8)13)11(16)10-6-14-3-4-15-10/h1-6H,13H2. The first-order valence-corrected chi connectivity index (χ1v) is 5.33. The smallest absolute Gasteiger partial charge is 0.212 e. The van der Waals surface area contributed by atoms with Gasteiger partial charge >= 0.3 is 0 Å². The van der Waals surface area contributed by atoms with Crippen molar-refractivity contribution >= 4 is 27.4 Å². The van der Waals surface area contributed by atoms with Gasteiger partial charge in [-0.1, -0.05) is 0 Å². The lowest BCUT2D eigenvalue weighted by Gasteiger charge is -2.02. The van der Waals surface area contributed by atoms with Crippen molar-refractivity contribution in [2.24, 2.45) is 0 Å². The molecule has 0 atom stereocenters. The van der Waals surface area contributed by atoms with E-state index < -0.39 is 0 Å². The van der Waals surface area contributed by atoms with Crippen molar-refractivity contribution in [1.82, 2.24) is 9.97 Å². The lowest BCUT2D eigenvalue weighted by Crippen LogP contribution is -2.04. The number of benzene rings is 1. The third-order valence-electron chi connectivity index (χ3n) is 2.06. The summed E-state index contributed by atoms with van der Waals surface area (Å²) in [6, 6.07) is 5.01. The Kier molecular flexibility index (Phi) is 2.96. The van der Waals surface area contributed by atoms with E-state index in [1.54, 1.807) is 18.2 Å². The summed E-state index contributed by atoms with van der Waals surface area (Å²) in [6.07, 6.45) is 4.45. The van der Waals surface area contributed by atoms with Crippen molar-refractivity contribution in [3.05, 3.63) is 52.5 Å². The van der Waals surface area contributed by atoms with Crippen LogP contribution < -0.4 is 5.73 Å². The van der Waals surface area contributed by atoms with Crippen molar-refractivity contribution in [2.75, 3.05) is 5.73 Å². The van der Waals surface area contributed by atoms with Crippen LogP contribution in [0.1, 0.15) is 16.1 Å². The summed E-state index contributed by atoms with van der Waals surface area (Å²) >= 11 is 3.27. The van der Waals surface area contributed by atoms with Gasteiger partial charge in [0.15, 0.2) is 0 Å². The second-order valence-electron chi connectivity index (χ2n) is 3.16. The molecule has 0 saturated heterocycles. The maximum atomic E-state index is 11.9. The highest BCUT2D eigenvalue weighted by atomic mass is 79.9. The van der Waals surface area contributed by atoms with E-state index in [0.29, 0.717) is 21.4 Å². The van der Waals surface area contributed by atoms with Gasteiger partial charge in [-0.15, -0.1) is 0 Å². The molecule has 0 aliphatic carbocycles. The monoisotopic (exact) mass is 277 g/mol. The molecule has 0 radical (unpaired) electrons. The molecule has 0 aliphatic heterocycles. The highest BCUT2D eigenvalue weighted by Crippen LogP contribution is 2.21. The number of nitrogen functional groups attached to an aromatic ring is 1. The fourth-order valence-electron chi connectivity index (χ4n) is 1.23. The number of carbonyl (C=O) groups excluding carboxylic acids is 1. The van der Waals surface area contributed by atoms with Crippen molar-refractivity contribution in [2.45, 2.75) is 0 Å². The summed E-state index contributed by atoms with van der Waals surface area (Å²) in [7, 11) is 0. The normalized spacial score (nSPS) is 10.1. The minimum atomic E-state index is -0.172. The van der Waals surface area contributed by atoms with Gasteiger partial charge < -0.3 is 5.73 Å². The quantitative estimate of drug-likeness (QED) is 0.674. The fraction of sp³-hybridized carbons (Fsp3) is 0. The van der Waals surface area contributed by atoms with Crippen LogP contribution in [0, 0.1) is 0 Å². The number of anilines is 1. The molecular weight excluding hydrogens is 270 g/mol. The zero-order chi connectivity index (χ0) is 11.5. The van der Waals surface area contributed by atoms with Crippen LogP contribution in [0.5, 0.6) is 0 Å². The fourth-order valence-corrected chi connectivity index (χ4v) is 1.61. The van der Waals surface area contributed by atoms with Crippen molar-refractivity contribution in [1.29, 1.82) is 0 Å². The summed E-state index contributed by atoms with van der Waals surface area (Å²) in [5.41, 5.74) is 7.08. The molecule has 0 saturated carbocycles. The Morgan fingerprint density at radius 2 is 2.12 bits per heavy atom. The first-order valence-electron chi connectivity index (χ1n) is 4.54. The molecule has 4 nitrogen and oxygen atoms in total. The van der Waals surface area contributed by atoms with Gasteiger partial charge in [0.25, 0.3) is 0 Å². The third kappa shape index (κ3) is 2.09. The van der Waals surface area contributed by atoms with Crippen LogP contribution >= 0.6 is 15.9 Å². The van der Waals surface area contributed by atoms with Gasteiger partial charge in [0, 0.05) is 28.1 Å². The largest absolute Gasteiger partial charge is 0.398 e. The van der Waals surface area contributed by atoms with Gasteiger partial charge in [-0.2, -0.15) is 0 Å². The number of hydrogen-bond acceptors (Lipinski definition) is 4. The molecule has 0 spiro atoms. The molecule has 0 amide bonds. The van der Waals surface area contributed by atoms with Crippen LogP contribution in [0.2, 0.25) is 0 Å². The number of nitrogens with two attached hydrogens (primary N) is 1. The number of ketones is 1. The first kappa shape index (κ1) is 10.8. The van der Waals surface area contributed by atoms with Gasteiger partial charge in [0.1, 0.15) is 5.69 Å². The highest BCUT2D eigenvalue weighted by Gasteiger charge is 2.11. The topological polar surface area (TPSA) is 68.9 Å². The molecule has 0 bridgehead atoms. The Balaban J connectivity index is 2.39. The number of aromatic nitrogens is 2. The van der Waals surface area contributed by atoms with Crippen LogP contribution in [0.4, 0.5) is 5.69 Å². The van der Waals surface area contributed by atoms with E-state index in [1.807, 2.05) is 0 Å². The van der Waals surface area contributed by atoms with Crippen molar-refractivity contribution in [3.63, 3.8) is 0 Å². The number of rotatable bonds is 2. The average Bonchev–Trinajstić information content (AvgIpc) is 2.33. The predicted octanol–water partition coefficient (Wildman–Crippen LogP) is 2.05. The van der Waals surface area contributed by atoms with E-state index in [-0.39, 0.29) is 5.78 Å². The molecule has 2 N–H and O–H groups in total. The Morgan fingerprint density at radius 3 is 2.75 bits per heavy atom. The van der Waals surface area contributed by atoms with E-state index in [1.165, 1.54) is 18.6 Å². The van der Waals surface area contributed by atoms with Crippen LogP contribution in [0.25, 0.3) is 0 Å². The predicted molar refractivity (Wildman–Crippen MR) is 64.0 cm³/mol. The SMILES string of the molecule is Nc1ccc(C(=O)c2cnccn2)cc1Br. The minimum Gasteiger partial charge on any atom is -0.398 e. The van der Waals surface area contributed by atoms with Gasteiger partial charge in [0.2, 0.25) is 5.78 Å². The molecule has 1 aromatic carbocycles. The molecule has 5 heteroatoms. The van der Waals surface area contributed by atoms with Gasteiger partial charge in [-0.25, -0.2) is 4.98 Å². The molecule has 0 aliphatic rings. The van der Waals surface area contributed by atoms with E-state index in [0.717, 1.165) is 0 Å². The van der Waals surface area contributed by atoms with Crippen molar-refractivity contribution < 1.29 is 4.79 Å². The lowest BCUT2D eigenvalue weighted by molar-refractivity contribution is 0.103. The van der Waals surface area contributed by atoms with Crippen LogP contribution in [0.3, 0.4) is 0 Å². The van der Waals surface area contributed by atoms with Gasteiger partial charge in [-0.05, 0) is 34.1 Å². The van der Waals surface area contributed by atoms with E-state index in [4.69, 9.17) is 5.73 Å². The number of halogens is 1. The Bertz CT molecular complexity index is 528. The average molecular weight is 278 g/mol. The highest BCUT2D eigenvalue weighted by molar-refractivity contribution is 9.10. The van der Waals surface area contributed by atoms with Crippen LogP contribution in [-0.4, -0.2) is 15.8 Å². The van der Waals surface area contributed by atoms with Crippen LogP contribution in [0.15, 0.2) is 41.3 Å². The van der Waals surface area contributed by atoms with Crippen LogP contribution in [-0.2, 0) is 0 Å². The van der Waals surface area contributed by atoms with Gasteiger partial charge in [-0.3, -0.25) is 9.78 Å². The Morgan fingerprint density at radius 1 is 1.31 bits per heavy atom.